The van der Waals surface area contributed by atoms with Gasteiger partial charge >= 0.3 is 0 Å². The number of carbonyl (C=O) groups excluding carboxylic acids is 1. The summed E-state index contributed by atoms with van der Waals surface area (Å²) in [5, 5.41) is 3.91. The molecule has 4 rings (SSSR count). The fourth-order valence-corrected chi connectivity index (χ4v) is 5.46. The summed E-state index contributed by atoms with van der Waals surface area (Å²) in [6.07, 6.45) is 0.0217. The van der Waals surface area contributed by atoms with Crippen molar-refractivity contribution in [3.05, 3.63) is 92.7 Å². The molecule has 0 bridgehead atoms. The van der Waals surface area contributed by atoms with Crippen LogP contribution in [0, 0.1) is 17.7 Å². The molecule has 4 nitrogen and oxygen atoms in total. The molecule has 1 unspecified atom stereocenters. The number of amides is 1. The Kier molecular flexibility index (Phi) is 9.02. The Hall–Kier alpha value is -2.31. The smallest absolute Gasteiger partial charge is 0.265 e. The summed E-state index contributed by atoms with van der Waals surface area (Å²) in [6, 6.07) is 17.3. The maximum absolute atomic E-state index is 13.4. The third kappa shape index (κ3) is 6.77. The number of anilines is 1. The van der Waals surface area contributed by atoms with Crippen LogP contribution in [0.25, 0.3) is 0 Å². The van der Waals surface area contributed by atoms with Gasteiger partial charge in [0.1, 0.15) is 11.6 Å². The molecule has 196 valence electrons. The molecule has 0 saturated carbocycles. The minimum Gasteiger partial charge on any atom is -0.481 e. The molecule has 1 aliphatic heterocycles. The van der Waals surface area contributed by atoms with Gasteiger partial charge in [-0.25, -0.2) is 4.39 Å². The topological polar surface area (TPSA) is 47.6 Å². The maximum Gasteiger partial charge on any atom is 0.265 e. The second-order valence-corrected chi connectivity index (χ2v) is 11.0. The first-order valence-corrected chi connectivity index (χ1v) is 13.3. The van der Waals surface area contributed by atoms with E-state index in [0.717, 1.165) is 17.5 Å². The Balaban J connectivity index is 1.45. The van der Waals surface area contributed by atoms with Gasteiger partial charge < -0.3 is 14.8 Å². The lowest BCUT2D eigenvalue weighted by molar-refractivity contribution is -0.122. The van der Waals surface area contributed by atoms with E-state index >= 15 is 0 Å². The van der Waals surface area contributed by atoms with E-state index in [4.69, 9.17) is 44.3 Å². The molecular formula is C29H29Cl3FNO3. The summed E-state index contributed by atoms with van der Waals surface area (Å²) >= 11 is 18.4. The minimum atomic E-state index is -0.788. The van der Waals surface area contributed by atoms with Gasteiger partial charge in [-0.05, 0) is 78.8 Å². The van der Waals surface area contributed by atoms with Crippen molar-refractivity contribution in [3.63, 3.8) is 0 Å². The number of nitrogens with one attached hydrogen (secondary N) is 1. The highest BCUT2D eigenvalue weighted by molar-refractivity contribution is 6.35. The van der Waals surface area contributed by atoms with Crippen LogP contribution in [0.5, 0.6) is 5.75 Å². The van der Waals surface area contributed by atoms with Crippen molar-refractivity contribution >= 4 is 46.4 Å². The van der Waals surface area contributed by atoms with E-state index in [1.165, 1.54) is 18.2 Å². The monoisotopic (exact) mass is 563 g/mol. The van der Waals surface area contributed by atoms with Crippen LogP contribution in [0.2, 0.25) is 15.1 Å². The minimum absolute atomic E-state index is 0.0631. The Morgan fingerprint density at radius 3 is 2.51 bits per heavy atom. The van der Waals surface area contributed by atoms with Crippen molar-refractivity contribution in [3.8, 4) is 5.75 Å². The predicted octanol–water partition coefficient (Wildman–Crippen LogP) is 8.71. The summed E-state index contributed by atoms with van der Waals surface area (Å²) < 4.78 is 25.8. The van der Waals surface area contributed by atoms with E-state index in [0.29, 0.717) is 34.0 Å². The lowest BCUT2D eigenvalue weighted by atomic mass is 9.76. The Bertz CT molecular complexity index is 1270. The molecule has 1 heterocycles. The standard InChI is InChI=1S/C29H29Cl3FNO3/c1-16(2)24-12-19(23-9-7-20(30)13-25(23)31)15-36-28(24)18-5-4-6-22(11-18)37-17(3)29(35)34-21-8-10-27(33)26(32)14-21/h4-11,13-14,16-17,19,24,28H,12,15H2,1-3H3,(H,34,35)/t17?,19-,24-,28-/m0/s1. The van der Waals surface area contributed by atoms with Crippen molar-refractivity contribution in [2.75, 3.05) is 11.9 Å². The van der Waals surface area contributed by atoms with Gasteiger partial charge in [-0.1, -0.05) is 66.8 Å². The normalized spacial score (nSPS) is 20.5. The Labute approximate surface area is 232 Å². The molecule has 3 aromatic carbocycles. The van der Waals surface area contributed by atoms with Crippen LogP contribution in [0.15, 0.2) is 60.7 Å². The molecule has 0 aliphatic carbocycles. The van der Waals surface area contributed by atoms with Gasteiger partial charge in [0.05, 0.1) is 17.7 Å². The van der Waals surface area contributed by atoms with Crippen molar-refractivity contribution < 1.29 is 18.7 Å². The first kappa shape index (κ1) is 27.7. The van der Waals surface area contributed by atoms with Crippen LogP contribution in [0.4, 0.5) is 10.1 Å². The summed E-state index contributed by atoms with van der Waals surface area (Å²) in [5.74, 6) is 0.445. The Morgan fingerprint density at radius 2 is 1.81 bits per heavy atom. The van der Waals surface area contributed by atoms with Gasteiger partial charge in [0.2, 0.25) is 0 Å². The predicted molar refractivity (Wildman–Crippen MR) is 147 cm³/mol. The average Bonchev–Trinajstić information content (AvgIpc) is 2.86. The number of hydrogen-bond acceptors (Lipinski definition) is 3. The highest BCUT2D eigenvalue weighted by Crippen LogP contribution is 2.45. The zero-order valence-corrected chi connectivity index (χ0v) is 23.1. The molecule has 37 heavy (non-hydrogen) atoms. The van der Waals surface area contributed by atoms with Gasteiger partial charge in [-0.15, -0.1) is 0 Å². The highest BCUT2D eigenvalue weighted by atomic mass is 35.5. The molecule has 3 aromatic rings. The molecule has 0 radical (unpaired) electrons. The highest BCUT2D eigenvalue weighted by Gasteiger charge is 2.35. The van der Waals surface area contributed by atoms with Gasteiger partial charge in [-0.3, -0.25) is 4.79 Å². The fourth-order valence-electron chi connectivity index (χ4n) is 4.72. The molecule has 8 heteroatoms. The summed E-state index contributed by atoms with van der Waals surface area (Å²) in [7, 11) is 0. The number of hydrogen-bond donors (Lipinski definition) is 1. The summed E-state index contributed by atoms with van der Waals surface area (Å²) in [5.41, 5.74) is 2.44. The first-order valence-electron chi connectivity index (χ1n) is 12.2. The fraction of sp³-hybridized carbons (Fsp3) is 0.345. The number of carbonyl (C=O) groups is 1. The average molecular weight is 565 g/mol. The largest absolute Gasteiger partial charge is 0.481 e. The molecule has 0 aromatic heterocycles. The van der Waals surface area contributed by atoms with E-state index in [1.54, 1.807) is 13.0 Å². The maximum atomic E-state index is 13.4. The van der Waals surface area contributed by atoms with Crippen LogP contribution in [0.3, 0.4) is 0 Å². The SMILES string of the molecule is CC(Oc1cccc([C@@H]2OC[C@@H](c3ccc(Cl)cc3Cl)C[C@H]2C(C)C)c1)C(=O)Nc1ccc(F)c(Cl)c1. The van der Waals surface area contributed by atoms with Crippen LogP contribution in [-0.4, -0.2) is 18.6 Å². The van der Waals surface area contributed by atoms with Crippen molar-refractivity contribution in [2.24, 2.45) is 11.8 Å². The summed E-state index contributed by atoms with van der Waals surface area (Å²) in [6.45, 7) is 6.59. The lowest BCUT2D eigenvalue weighted by Crippen LogP contribution is -2.31. The van der Waals surface area contributed by atoms with Crippen molar-refractivity contribution in [2.45, 2.75) is 45.3 Å². The zero-order chi connectivity index (χ0) is 26.7. The van der Waals surface area contributed by atoms with Crippen molar-refractivity contribution in [1.82, 2.24) is 0 Å². The van der Waals surface area contributed by atoms with Crippen LogP contribution in [-0.2, 0) is 9.53 Å². The summed E-state index contributed by atoms with van der Waals surface area (Å²) in [4.78, 5) is 12.6. The van der Waals surface area contributed by atoms with Crippen molar-refractivity contribution in [1.29, 1.82) is 0 Å². The van der Waals surface area contributed by atoms with E-state index in [1.807, 2.05) is 36.4 Å². The molecule has 4 atom stereocenters. The van der Waals surface area contributed by atoms with E-state index < -0.39 is 11.9 Å². The molecule has 1 fully saturated rings. The second kappa shape index (κ2) is 12.0. The lowest BCUT2D eigenvalue weighted by Gasteiger charge is -2.39. The number of halogens is 4. The van der Waals surface area contributed by atoms with E-state index in [-0.39, 0.29) is 28.9 Å². The molecule has 1 amide bonds. The number of rotatable bonds is 7. The molecular weight excluding hydrogens is 536 g/mol. The van der Waals surface area contributed by atoms with Crippen LogP contribution >= 0.6 is 34.8 Å². The third-order valence-electron chi connectivity index (χ3n) is 6.74. The van der Waals surface area contributed by atoms with Gasteiger partial charge in [-0.2, -0.15) is 0 Å². The zero-order valence-electron chi connectivity index (χ0n) is 20.8. The molecule has 0 spiro atoms. The number of ether oxygens (including phenoxy) is 2. The Morgan fingerprint density at radius 1 is 1.03 bits per heavy atom. The van der Waals surface area contributed by atoms with E-state index in [9.17, 15) is 9.18 Å². The second-order valence-electron chi connectivity index (χ2n) is 9.71. The third-order valence-corrected chi connectivity index (χ3v) is 7.59. The molecule has 1 N–H and O–H groups in total. The van der Waals surface area contributed by atoms with Crippen LogP contribution < -0.4 is 10.1 Å². The first-order chi connectivity index (χ1) is 17.6. The van der Waals surface area contributed by atoms with Gasteiger partial charge in [0.25, 0.3) is 5.91 Å². The van der Waals surface area contributed by atoms with Gasteiger partial charge in [0, 0.05) is 21.7 Å². The molecule has 1 saturated heterocycles. The quantitative estimate of drug-likeness (QED) is 0.312. The van der Waals surface area contributed by atoms with Crippen LogP contribution in [0.1, 0.15) is 50.3 Å². The van der Waals surface area contributed by atoms with E-state index in [2.05, 4.69) is 19.2 Å². The number of benzene rings is 3. The van der Waals surface area contributed by atoms with Gasteiger partial charge in [0.15, 0.2) is 6.10 Å². The molecule has 1 aliphatic rings.